The number of anilines is 2. The van der Waals surface area contributed by atoms with Crippen molar-refractivity contribution in [3.63, 3.8) is 0 Å². The maximum Gasteiger partial charge on any atom is 0.279 e. The summed E-state index contributed by atoms with van der Waals surface area (Å²) in [7, 11) is 1.78. The minimum atomic E-state index is -0.410. The first kappa shape index (κ1) is 22.6. The summed E-state index contributed by atoms with van der Waals surface area (Å²) in [4.78, 5) is 25.6. The molecule has 0 spiro atoms. The van der Waals surface area contributed by atoms with Crippen LogP contribution in [0.1, 0.15) is 50.7 Å². The molecular formula is C23H31FN3O2+. The zero-order chi connectivity index (χ0) is 21.6. The average molecular weight is 401 g/mol. The first-order chi connectivity index (χ1) is 13.7. The molecule has 0 aliphatic carbocycles. The fourth-order valence-electron chi connectivity index (χ4n) is 3.26. The highest BCUT2D eigenvalue weighted by Crippen LogP contribution is 2.32. The number of carbonyl (C=O) groups is 2. The molecule has 0 saturated heterocycles. The number of carbonyl (C=O) groups excluding carboxylic acids is 2. The van der Waals surface area contributed by atoms with E-state index in [1.807, 2.05) is 18.2 Å². The van der Waals surface area contributed by atoms with Crippen LogP contribution in [0.5, 0.6) is 0 Å². The second-order valence-corrected chi connectivity index (χ2v) is 8.04. The molecule has 156 valence electrons. The van der Waals surface area contributed by atoms with Crippen LogP contribution in [0.3, 0.4) is 0 Å². The van der Waals surface area contributed by atoms with Crippen LogP contribution in [0.25, 0.3) is 0 Å². The molecule has 2 amide bonds. The van der Waals surface area contributed by atoms with Gasteiger partial charge in [0.2, 0.25) is 0 Å². The third-order valence-corrected chi connectivity index (χ3v) is 4.67. The lowest BCUT2D eigenvalue weighted by Gasteiger charge is -2.21. The summed E-state index contributed by atoms with van der Waals surface area (Å²) in [5.41, 5.74) is 3.48. The summed E-state index contributed by atoms with van der Waals surface area (Å²) in [6, 6.07) is 11.8. The van der Waals surface area contributed by atoms with Crippen LogP contribution in [0.2, 0.25) is 0 Å². The van der Waals surface area contributed by atoms with E-state index in [1.54, 1.807) is 13.1 Å². The number of quaternary nitrogens is 1. The Morgan fingerprint density at radius 3 is 1.93 bits per heavy atom. The summed E-state index contributed by atoms with van der Waals surface area (Å²) in [6.07, 6.45) is 0. The third-order valence-electron chi connectivity index (χ3n) is 4.67. The first-order valence-corrected chi connectivity index (χ1v) is 9.96. The lowest BCUT2D eigenvalue weighted by Crippen LogP contribution is -3.11. The van der Waals surface area contributed by atoms with Crippen molar-refractivity contribution in [1.82, 2.24) is 0 Å². The molecule has 2 rings (SSSR count). The quantitative estimate of drug-likeness (QED) is 0.637. The van der Waals surface area contributed by atoms with Crippen molar-refractivity contribution in [3.05, 3.63) is 59.4 Å². The van der Waals surface area contributed by atoms with Gasteiger partial charge < -0.3 is 15.5 Å². The Kier molecular flexibility index (Phi) is 7.91. The van der Waals surface area contributed by atoms with E-state index in [9.17, 15) is 14.0 Å². The lowest BCUT2D eigenvalue weighted by atomic mass is 9.92. The fourth-order valence-corrected chi connectivity index (χ4v) is 3.26. The van der Waals surface area contributed by atoms with Gasteiger partial charge in [-0.1, -0.05) is 52.0 Å². The maximum absolute atomic E-state index is 13.2. The predicted molar refractivity (Wildman–Crippen MR) is 115 cm³/mol. The van der Waals surface area contributed by atoms with Gasteiger partial charge in [0.1, 0.15) is 5.82 Å². The van der Waals surface area contributed by atoms with Gasteiger partial charge in [-0.05, 0) is 41.2 Å². The molecule has 2 aromatic rings. The zero-order valence-electron chi connectivity index (χ0n) is 17.8. The molecule has 5 nitrogen and oxygen atoms in total. The molecule has 6 heteroatoms. The van der Waals surface area contributed by atoms with Gasteiger partial charge in [0.15, 0.2) is 13.1 Å². The highest BCUT2D eigenvalue weighted by Gasteiger charge is 2.19. The molecule has 1 atom stereocenters. The maximum atomic E-state index is 13.2. The van der Waals surface area contributed by atoms with Crippen LogP contribution < -0.4 is 15.5 Å². The summed E-state index contributed by atoms with van der Waals surface area (Å²) in [6.45, 7) is 8.66. The number of halogens is 1. The van der Waals surface area contributed by atoms with Crippen molar-refractivity contribution in [1.29, 1.82) is 0 Å². The number of amides is 2. The average Bonchev–Trinajstić information content (AvgIpc) is 2.60. The number of hydrogen-bond acceptors (Lipinski definition) is 2. The minimum absolute atomic E-state index is 0.104. The second-order valence-electron chi connectivity index (χ2n) is 8.04. The molecule has 29 heavy (non-hydrogen) atoms. The molecule has 0 heterocycles. The van der Waals surface area contributed by atoms with Crippen molar-refractivity contribution in [2.24, 2.45) is 0 Å². The summed E-state index contributed by atoms with van der Waals surface area (Å²) in [5, 5.41) is 5.72. The van der Waals surface area contributed by atoms with E-state index in [1.165, 1.54) is 18.2 Å². The van der Waals surface area contributed by atoms with Crippen LogP contribution in [-0.4, -0.2) is 32.0 Å². The fraction of sp³-hybridized carbons (Fsp3) is 0.391. The number of para-hydroxylation sites is 1. The minimum Gasteiger partial charge on any atom is -0.322 e. The molecule has 0 aliphatic rings. The van der Waals surface area contributed by atoms with E-state index in [2.05, 4.69) is 38.3 Å². The summed E-state index contributed by atoms with van der Waals surface area (Å²) >= 11 is 0. The van der Waals surface area contributed by atoms with Crippen LogP contribution in [0.15, 0.2) is 42.5 Å². The van der Waals surface area contributed by atoms with Crippen LogP contribution >= 0.6 is 0 Å². The first-order valence-electron chi connectivity index (χ1n) is 9.96. The molecule has 3 N–H and O–H groups in total. The Hall–Kier alpha value is -2.73. The largest absolute Gasteiger partial charge is 0.322 e. The van der Waals surface area contributed by atoms with E-state index in [0.29, 0.717) is 5.69 Å². The van der Waals surface area contributed by atoms with E-state index in [0.717, 1.165) is 21.7 Å². The van der Waals surface area contributed by atoms with Crippen molar-refractivity contribution < 1.29 is 18.9 Å². The molecular weight excluding hydrogens is 369 g/mol. The van der Waals surface area contributed by atoms with E-state index in [4.69, 9.17) is 0 Å². The van der Waals surface area contributed by atoms with Gasteiger partial charge in [0.05, 0.1) is 7.05 Å². The number of benzene rings is 2. The molecule has 0 bridgehead atoms. The topological polar surface area (TPSA) is 62.6 Å². The SMILES string of the molecule is CC(C)c1cccc(C(C)C)c1NC(=O)C[NH+](C)CC(=O)Nc1cccc(F)c1. The summed E-state index contributed by atoms with van der Waals surface area (Å²) < 4.78 is 13.2. The molecule has 1 unspecified atom stereocenters. The number of nitrogens with one attached hydrogen (secondary N) is 3. The van der Waals surface area contributed by atoms with Gasteiger partial charge in [-0.3, -0.25) is 9.59 Å². The normalized spacial score (nSPS) is 12.1. The Bertz CT molecular complexity index is 839. The molecule has 2 aromatic carbocycles. The van der Waals surface area contributed by atoms with Gasteiger partial charge >= 0.3 is 0 Å². The van der Waals surface area contributed by atoms with Gasteiger partial charge in [0, 0.05) is 11.4 Å². The Labute approximate surface area is 172 Å². The number of likely N-dealkylation sites (N-methyl/N-ethyl adjacent to an activating group) is 1. The second kappa shape index (κ2) is 10.2. The number of rotatable bonds is 8. The van der Waals surface area contributed by atoms with Crippen molar-refractivity contribution in [2.75, 3.05) is 30.8 Å². The molecule has 0 saturated carbocycles. The monoisotopic (exact) mass is 400 g/mol. The van der Waals surface area contributed by atoms with Gasteiger partial charge in [-0.15, -0.1) is 0 Å². The lowest BCUT2D eigenvalue weighted by molar-refractivity contribution is -0.862. The van der Waals surface area contributed by atoms with Crippen LogP contribution in [0, 0.1) is 5.82 Å². The zero-order valence-corrected chi connectivity index (χ0v) is 17.8. The standard InChI is InChI=1S/C23H30FN3O2/c1-15(2)19-10-7-11-20(16(3)4)23(19)26-22(29)14-27(5)13-21(28)25-18-9-6-8-17(24)12-18/h6-12,15-16H,13-14H2,1-5H3,(H,25,28)(H,26,29)/p+1. The Morgan fingerprint density at radius 1 is 0.897 bits per heavy atom. The summed E-state index contributed by atoms with van der Waals surface area (Å²) in [5.74, 6) is -0.257. The van der Waals surface area contributed by atoms with Crippen molar-refractivity contribution in [2.45, 2.75) is 39.5 Å². The van der Waals surface area contributed by atoms with Crippen LogP contribution in [-0.2, 0) is 9.59 Å². The molecule has 0 fully saturated rings. The van der Waals surface area contributed by atoms with Crippen molar-refractivity contribution in [3.8, 4) is 0 Å². The van der Waals surface area contributed by atoms with E-state index >= 15 is 0 Å². The third kappa shape index (κ3) is 6.68. The highest BCUT2D eigenvalue weighted by atomic mass is 19.1. The van der Waals surface area contributed by atoms with E-state index in [-0.39, 0.29) is 36.7 Å². The smallest absolute Gasteiger partial charge is 0.279 e. The van der Waals surface area contributed by atoms with Crippen LogP contribution in [0.4, 0.5) is 15.8 Å². The molecule has 0 aromatic heterocycles. The Morgan fingerprint density at radius 2 is 1.41 bits per heavy atom. The Balaban J connectivity index is 1.99. The van der Waals surface area contributed by atoms with Gasteiger partial charge in [0.25, 0.3) is 11.8 Å². The van der Waals surface area contributed by atoms with Gasteiger partial charge in [-0.2, -0.15) is 0 Å². The molecule has 0 radical (unpaired) electrons. The predicted octanol–water partition coefficient (Wildman–Crippen LogP) is 3.16. The highest BCUT2D eigenvalue weighted by molar-refractivity contribution is 5.94. The van der Waals surface area contributed by atoms with Crippen molar-refractivity contribution >= 4 is 23.2 Å². The van der Waals surface area contributed by atoms with Gasteiger partial charge in [-0.25, -0.2) is 4.39 Å². The molecule has 0 aliphatic heterocycles. The van der Waals surface area contributed by atoms with E-state index < -0.39 is 5.82 Å². The number of hydrogen-bond donors (Lipinski definition) is 3.